The number of aliphatic hydroxyl groups is 1. The van der Waals surface area contributed by atoms with Gasteiger partial charge in [-0.2, -0.15) is 4.98 Å². The Morgan fingerprint density at radius 3 is 1.74 bits per heavy atom. The zero-order valence-corrected chi connectivity index (χ0v) is 28.0. The van der Waals surface area contributed by atoms with E-state index in [4.69, 9.17) is 19.7 Å². The van der Waals surface area contributed by atoms with Gasteiger partial charge in [0.25, 0.3) is 0 Å². The van der Waals surface area contributed by atoms with E-state index in [1.165, 1.54) is 126 Å². The van der Waals surface area contributed by atoms with Crippen molar-refractivity contribution in [2.75, 3.05) is 18.9 Å². The van der Waals surface area contributed by atoms with Crippen molar-refractivity contribution in [3.05, 3.63) is 22.7 Å². The maximum atomic E-state index is 12.4. The van der Waals surface area contributed by atoms with Gasteiger partial charge in [-0.3, -0.25) is 9.09 Å². The Morgan fingerprint density at radius 2 is 1.33 bits per heavy atom. The molecule has 0 spiro atoms. The number of aromatic nitrogens is 2. The summed E-state index contributed by atoms with van der Waals surface area (Å²) in [4.78, 5) is 35.7. The Balaban J connectivity index is 1.56. The Kier molecular flexibility index (Phi) is 20.1. The fraction of sp³-hybridized carbons (Fsp3) is 0.871. The molecule has 0 radical (unpaired) electrons. The molecule has 1 saturated heterocycles. The molecule has 0 aliphatic carbocycles. The van der Waals surface area contributed by atoms with E-state index in [1.54, 1.807) is 0 Å². The molecule has 12 heteroatoms. The zero-order valence-electron chi connectivity index (χ0n) is 26.3. The molecule has 0 amide bonds. The van der Waals surface area contributed by atoms with E-state index in [-0.39, 0.29) is 5.82 Å². The first-order valence-corrected chi connectivity index (χ1v) is 19.4. The highest BCUT2D eigenvalue weighted by molar-refractivity contribution is 8.06. The zero-order chi connectivity index (χ0) is 31.3. The van der Waals surface area contributed by atoms with E-state index in [1.807, 2.05) is 0 Å². The van der Waals surface area contributed by atoms with Crippen LogP contribution >= 0.6 is 6.72 Å². The second kappa shape index (κ2) is 22.6. The average molecular weight is 648 g/mol. The summed E-state index contributed by atoms with van der Waals surface area (Å²) in [5.74, 6) is 0.0637. The summed E-state index contributed by atoms with van der Waals surface area (Å²) in [6.45, 7) is -1.93. The smallest absolute Gasteiger partial charge is 0.351 e. The normalized spacial score (nSPS) is 20.7. The standard InChI is InChI=1S/C31H58N3O7PS/c1-2-3-4-5-6-7-8-9-10-11-12-13-14-15-16-17-18-19-20-21-24-39-29-28(41-42(37,38)43)26(25-35)40-30(29)34-23-22-27(32)33-31(34)36/h22-23,26,28-30,35H,2-21,24-25H2,1H3,(H2,32,33,36)(H2,37,38,43)/t26-,28-,29-,30-/m1/s1. The summed E-state index contributed by atoms with van der Waals surface area (Å²) in [6.07, 6.45) is 23.6. The molecule has 1 fully saturated rings. The van der Waals surface area contributed by atoms with Gasteiger partial charge in [0.05, 0.1) is 6.61 Å². The number of unbranched alkanes of at least 4 members (excludes halogenated alkanes) is 19. The highest BCUT2D eigenvalue weighted by atomic mass is 32.5. The van der Waals surface area contributed by atoms with Crippen molar-refractivity contribution < 1.29 is 28.9 Å². The van der Waals surface area contributed by atoms with Crippen molar-refractivity contribution in [3.8, 4) is 0 Å². The lowest BCUT2D eigenvalue weighted by atomic mass is 10.0. The van der Waals surface area contributed by atoms with Gasteiger partial charge < -0.3 is 30.1 Å². The largest absolute Gasteiger partial charge is 0.394 e. The van der Waals surface area contributed by atoms with Gasteiger partial charge in [0.15, 0.2) is 6.23 Å². The summed E-state index contributed by atoms with van der Waals surface area (Å²) in [5.41, 5.74) is 4.96. The first kappa shape index (κ1) is 38.3. The number of anilines is 1. The van der Waals surface area contributed by atoms with Crippen LogP contribution in [0.1, 0.15) is 142 Å². The van der Waals surface area contributed by atoms with Crippen LogP contribution < -0.4 is 11.4 Å². The fourth-order valence-electron chi connectivity index (χ4n) is 5.74. The summed E-state index contributed by atoms with van der Waals surface area (Å²) in [7, 11) is 0. The number of nitrogen functional groups attached to an aromatic ring is 1. The third kappa shape index (κ3) is 16.3. The molecule has 0 aromatic carbocycles. The summed E-state index contributed by atoms with van der Waals surface area (Å²) in [6, 6.07) is 1.45. The average Bonchev–Trinajstić information content (AvgIpc) is 3.29. The van der Waals surface area contributed by atoms with Crippen molar-refractivity contribution in [2.45, 2.75) is 160 Å². The maximum Gasteiger partial charge on any atom is 0.351 e. The quantitative estimate of drug-likeness (QED) is 0.0647. The van der Waals surface area contributed by atoms with Crippen LogP contribution in [0.3, 0.4) is 0 Å². The molecule has 2 rings (SSSR count). The third-order valence-corrected chi connectivity index (χ3v) is 8.93. The van der Waals surface area contributed by atoms with Gasteiger partial charge in [-0.05, 0) is 24.3 Å². The van der Waals surface area contributed by atoms with Crippen LogP contribution in [0.4, 0.5) is 5.82 Å². The monoisotopic (exact) mass is 647 g/mol. The second-order valence-electron chi connectivity index (χ2n) is 11.9. The Bertz CT molecular complexity index is 964. The predicted octanol–water partition coefficient (Wildman–Crippen LogP) is 6.52. The number of ether oxygens (including phenoxy) is 2. The number of hydrogen-bond acceptors (Lipinski definition) is 8. The number of nitrogens with zero attached hydrogens (tertiary/aromatic N) is 2. The highest BCUT2D eigenvalue weighted by Gasteiger charge is 2.49. The molecule has 43 heavy (non-hydrogen) atoms. The van der Waals surface area contributed by atoms with Crippen molar-refractivity contribution >= 4 is 24.3 Å². The molecule has 10 nitrogen and oxygen atoms in total. The minimum atomic E-state index is -4.08. The third-order valence-electron chi connectivity index (χ3n) is 8.16. The van der Waals surface area contributed by atoms with Crippen LogP contribution in [0.15, 0.2) is 17.1 Å². The van der Waals surface area contributed by atoms with Crippen molar-refractivity contribution in [1.82, 2.24) is 9.55 Å². The van der Waals surface area contributed by atoms with Gasteiger partial charge in [0.2, 0.25) is 0 Å². The van der Waals surface area contributed by atoms with Crippen molar-refractivity contribution in [1.29, 1.82) is 0 Å². The van der Waals surface area contributed by atoms with Gasteiger partial charge in [-0.15, -0.1) is 0 Å². The molecule has 250 valence electrons. The van der Waals surface area contributed by atoms with Gasteiger partial charge >= 0.3 is 12.4 Å². The maximum absolute atomic E-state index is 12.4. The second-order valence-corrected chi connectivity index (χ2v) is 14.5. The highest BCUT2D eigenvalue weighted by Crippen LogP contribution is 2.44. The summed E-state index contributed by atoms with van der Waals surface area (Å²) in [5, 5.41) is 9.81. The number of nitrogens with two attached hydrogens (primary N) is 1. The van der Waals surface area contributed by atoms with Crippen molar-refractivity contribution in [3.63, 3.8) is 0 Å². The lowest BCUT2D eigenvalue weighted by Gasteiger charge is -2.26. The Hall–Kier alpha value is -0.910. The lowest BCUT2D eigenvalue weighted by molar-refractivity contribution is -0.0745. The number of rotatable bonds is 26. The van der Waals surface area contributed by atoms with E-state index in [2.05, 4.69) is 23.7 Å². The molecule has 1 aliphatic heterocycles. The Labute approximate surface area is 264 Å². The molecule has 5 N–H and O–H groups in total. The van der Waals surface area contributed by atoms with Gasteiger partial charge in [0, 0.05) is 12.8 Å². The van der Waals surface area contributed by atoms with Gasteiger partial charge in [-0.1, -0.05) is 129 Å². The molecule has 0 bridgehead atoms. The topological polar surface area (TPSA) is 149 Å². The SMILES string of the molecule is CCCCCCCCCCCCCCCCCCCCCCO[C@@H]1[C@H](OP(O)(O)=S)[C@@H](CO)O[C@H]1n1ccc(N)nc1=O. The van der Waals surface area contributed by atoms with Crippen LogP contribution in [-0.2, 0) is 25.8 Å². The number of hydrogen-bond donors (Lipinski definition) is 4. The molecule has 1 aromatic rings. The Morgan fingerprint density at radius 1 is 0.860 bits per heavy atom. The first-order valence-electron chi connectivity index (χ1n) is 16.7. The predicted molar refractivity (Wildman–Crippen MR) is 175 cm³/mol. The van der Waals surface area contributed by atoms with Gasteiger partial charge in [0.1, 0.15) is 24.1 Å². The van der Waals surface area contributed by atoms with Crippen LogP contribution in [-0.4, -0.2) is 56.0 Å². The van der Waals surface area contributed by atoms with E-state index < -0.39 is 43.6 Å². The molecular formula is C31H58N3O7PS. The minimum absolute atomic E-state index is 0.0637. The molecule has 1 aromatic heterocycles. The van der Waals surface area contributed by atoms with Crippen molar-refractivity contribution in [2.24, 2.45) is 0 Å². The molecule has 4 atom stereocenters. The molecule has 0 saturated carbocycles. The fourth-order valence-corrected chi connectivity index (χ4v) is 6.61. The number of aliphatic hydroxyl groups excluding tert-OH is 1. The molecule has 1 aliphatic rings. The first-order chi connectivity index (χ1) is 20.8. The van der Waals surface area contributed by atoms with Crippen LogP contribution in [0.25, 0.3) is 0 Å². The lowest BCUT2D eigenvalue weighted by Crippen LogP contribution is -2.39. The van der Waals surface area contributed by atoms with E-state index in [9.17, 15) is 19.7 Å². The molecule has 0 unspecified atom stereocenters. The van der Waals surface area contributed by atoms with E-state index >= 15 is 0 Å². The van der Waals surface area contributed by atoms with Crippen LogP contribution in [0.2, 0.25) is 0 Å². The molecule has 2 heterocycles. The van der Waals surface area contributed by atoms with Crippen LogP contribution in [0, 0.1) is 0 Å². The summed E-state index contributed by atoms with van der Waals surface area (Å²) < 4.78 is 18.4. The molecular weight excluding hydrogens is 589 g/mol. The van der Waals surface area contributed by atoms with E-state index in [0.29, 0.717) is 6.61 Å². The minimum Gasteiger partial charge on any atom is -0.394 e. The van der Waals surface area contributed by atoms with E-state index in [0.717, 1.165) is 19.3 Å². The van der Waals surface area contributed by atoms with Gasteiger partial charge in [-0.25, -0.2) is 4.79 Å². The van der Waals surface area contributed by atoms with Crippen LogP contribution in [0.5, 0.6) is 0 Å². The summed E-state index contributed by atoms with van der Waals surface area (Å²) >= 11 is 4.65.